The molecule has 0 spiro atoms. The lowest BCUT2D eigenvalue weighted by molar-refractivity contribution is 0.474. The summed E-state index contributed by atoms with van der Waals surface area (Å²) in [5.74, 6) is 0. The lowest BCUT2D eigenvalue weighted by Gasteiger charge is -2.19. The van der Waals surface area contributed by atoms with Crippen LogP contribution in [0.3, 0.4) is 0 Å². The average molecular weight is 262 g/mol. The van der Waals surface area contributed by atoms with Crippen molar-refractivity contribution in [3.8, 4) is 6.07 Å². The standard InChI is InChI=1S/C13H14N2O2S/c1-3-9-15(10-4-2)18(16,17)13-8-6-5-7-12(13)11-14/h3-8H,1-2,9-10H2. The van der Waals surface area contributed by atoms with Gasteiger partial charge in [0, 0.05) is 13.1 Å². The number of rotatable bonds is 6. The van der Waals surface area contributed by atoms with Crippen LogP contribution in [0.15, 0.2) is 54.5 Å². The van der Waals surface area contributed by atoms with Crippen LogP contribution in [0.25, 0.3) is 0 Å². The van der Waals surface area contributed by atoms with Crippen molar-refractivity contribution in [3.63, 3.8) is 0 Å². The number of hydrogen-bond donors (Lipinski definition) is 0. The molecule has 0 amide bonds. The zero-order valence-electron chi connectivity index (χ0n) is 9.91. The second-order valence-electron chi connectivity index (χ2n) is 3.51. The molecule has 1 rings (SSSR count). The van der Waals surface area contributed by atoms with Crippen LogP contribution in [-0.2, 0) is 10.0 Å². The largest absolute Gasteiger partial charge is 0.244 e. The van der Waals surface area contributed by atoms with Gasteiger partial charge in [-0.2, -0.15) is 9.57 Å². The Bertz CT molecular complexity index is 575. The molecule has 1 aromatic carbocycles. The molecule has 94 valence electrons. The predicted octanol–water partition coefficient (Wildman–Crippen LogP) is 1.92. The molecule has 0 aliphatic rings. The third-order valence-corrected chi connectivity index (χ3v) is 4.18. The Morgan fingerprint density at radius 3 is 2.28 bits per heavy atom. The quantitative estimate of drug-likeness (QED) is 0.736. The van der Waals surface area contributed by atoms with Gasteiger partial charge in [0.05, 0.1) is 10.5 Å². The van der Waals surface area contributed by atoms with E-state index in [1.807, 2.05) is 6.07 Å². The third-order valence-electron chi connectivity index (χ3n) is 2.29. The lowest BCUT2D eigenvalue weighted by atomic mass is 10.2. The minimum absolute atomic E-state index is 0.0104. The van der Waals surface area contributed by atoms with E-state index < -0.39 is 10.0 Å². The monoisotopic (exact) mass is 262 g/mol. The highest BCUT2D eigenvalue weighted by atomic mass is 32.2. The van der Waals surface area contributed by atoms with Gasteiger partial charge in [0.2, 0.25) is 10.0 Å². The van der Waals surface area contributed by atoms with E-state index in [1.54, 1.807) is 12.1 Å². The number of nitrogens with zero attached hydrogens (tertiary/aromatic N) is 2. The summed E-state index contributed by atoms with van der Waals surface area (Å²) >= 11 is 0. The third kappa shape index (κ3) is 2.86. The van der Waals surface area contributed by atoms with Gasteiger partial charge in [-0.25, -0.2) is 8.42 Å². The minimum Gasteiger partial charge on any atom is -0.207 e. The summed E-state index contributed by atoms with van der Waals surface area (Å²) < 4.78 is 26.0. The van der Waals surface area contributed by atoms with Crippen molar-refractivity contribution < 1.29 is 8.42 Å². The maximum atomic E-state index is 12.4. The topological polar surface area (TPSA) is 61.2 Å². The molecule has 4 nitrogen and oxygen atoms in total. The minimum atomic E-state index is -3.70. The molecule has 18 heavy (non-hydrogen) atoms. The van der Waals surface area contributed by atoms with E-state index in [1.165, 1.54) is 28.6 Å². The van der Waals surface area contributed by atoms with Gasteiger partial charge in [0.1, 0.15) is 6.07 Å². The van der Waals surface area contributed by atoms with Crippen molar-refractivity contribution in [2.24, 2.45) is 0 Å². The van der Waals surface area contributed by atoms with Crippen LogP contribution in [0.5, 0.6) is 0 Å². The van der Waals surface area contributed by atoms with E-state index >= 15 is 0 Å². The maximum absolute atomic E-state index is 12.4. The second kappa shape index (κ2) is 6.15. The Labute approximate surface area is 108 Å². The van der Waals surface area contributed by atoms with Crippen LogP contribution in [0, 0.1) is 11.3 Å². The van der Waals surface area contributed by atoms with E-state index in [0.717, 1.165) is 0 Å². The average Bonchev–Trinajstić information content (AvgIpc) is 2.38. The summed E-state index contributed by atoms with van der Waals surface area (Å²) in [6, 6.07) is 8.00. The van der Waals surface area contributed by atoms with Crippen LogP contribution in [0.4, 0.5) is 0 Å². The number of hydrogen-bond acceptors (Lipinski definition) is 3. The highest BCUT2D eigenvalue weighted by Gasteiger charge is 2.24. The van der Waals surface area contributed by atoms with Crippen molar-refractivity contribution in [1.82, 2.24) is 4.31 Å². The number of nitriles is 1. The first-order valence-corrected chi connectivity index (χ1v) is 6.73. The first-order valence-electron chi connectivity index (χ1n) is 5.29. The summed E-state index contributed by atoms with van der Waals surface area (Å²) in [6.45, 7) is 7.40. The molecule has 0 saturated carbocycles. The zero-order valence-corrected chi connectivity index (χ0v) is 10.7. The van der Waals surface area contributed by atoms with Crippen LogP contribution < -0.4 is 0 Å². The molecule has 0 aliphatic carbocycles. The fourth-order valence-electron chi connectivity index (χ4n) is 1.48. The van der Waals surface area contributed by atoms with E-state index in [-0.39, 0.29) is 23.5 Å². The van der Waals surface area contributed by atoms with Crippen LogP contribution in [-0.4, -0.2) is 25.8 Å². The summed E-state index contributed by atoms with van der Waals surface area (Å²) in [7, 11) is -3.70. The van der Waals surface area contributed by atoms with Gasteiger partial charge >= 0.3 is 0 Å². The van der Waals surface area contributed by atoms with Gasteiger partial charge in [-0.15, -0.1) is 13.2 Å². The fraction of sp³-hybridized carbons (Fsp3) is 0.154. The molecule has 0 aliphatic heterocycles. The molecule has 0 fully saturated rings. The van der Waals surface area contributed by atoms with Crippen LogP contribution >= 0.6 is 0 Å². The zero-order chi connectivity index (χ0) is 13.6. The lowest BCUT2D eigenvalue weighted by Crippen LogP contribution is -2.31. The van der Waals surface area contributed by atoms with Gasteiger partial charge < -0.3 is 0 Å². The summed E-state index contributed by atoms with van der Waals surface area (Å²) in [4.78, 5) is 0.0104. The van der Waals surface area contributed by atoms with Gasteiger partial charge in [-0.3, -0.25) is 0 Å². The Hall–Kier alpha value is -1.90. The molecule has 0 unspecified atom stereocenters. The van der Waals surface area contributed by atoms with Crippen molar-refractivity contribution in [2.45, 2.75) is 4.90 Å². The van der Waals surface area contributed by atoms with Crippen LogP contribution in [0.2, 0.25) is 0 Å². The van der Waals surface area contributed by atoms with Gasteiger partial charge in [-0.1, -0.05) is 24.3 Å². The Morgan fingerprint density at radius 1 is 1.22 bits per heavy atom. The summed E-state index contributed by atoms with van der Waals surface area (Å²) in [6.07, 6.45) is 2.99. The summed E-state index contributed by atoms with van der Waals surface area (Å²) in [5.41, 5.74) is 0.135. The van der Waals surface area contributed by atoms with Gasteiger partial charge in [0.15, 0.2) is 0 Å². The molecular formula is C13H14N2O2S. The van der Waals surface area contributed by atoms with Gasteiger partial charge in [0.25, 0.3) is 0 Å². The summed E-state index contributed by atoms with van der Waals surface area (Å²) in [5, 5.41) is 8.95. The molecule has 5 heteroatoms. The Kier molecular flexibility index (Phi) is 4.84. The molecule has 0 atom stereocenters. The Balaban J connectivity index is 3.31. The fourth-order valence-corrected chi connectivity index (χ4v) is 3.01. The van der Waals surface area contributed by atoms with E-state index in [9.17, 15) is 8.42 Å². The number of sulfonamides is 1. The molecule has 0 bridgehead atoms. The van der Waals surface area contributed by atoms with E-state index in [4.69, 9.17) is 5.26 Å². The second-order valence-corrected chi connectivity index (χ2v) is 5.41. The molecule has 0 heterocycles. The normalized spacial score (nSPS) is 10.9. The van der Waals surface area contributed by atoms with Crippen LogP contribution in [0.1, 0.15) is 5.56 Å². The highest BCUT2D eigenvalue weighted by molar-refractivity contribution is 7.89. The maximum Gasteiger partial charge on any atom is 0.244 e. The van der Waals surface area contributed by atoms with Crippen molar-refractivity contribution in [1.29, 1.82) is 5.26 Å². The molecule has 0 saturated heterocycles. The molecule has 1 aromatic rings. The Morgan fingerprint density at radius 2 is 1.78 bits per heavy atom. The molecule has 0 N–H and O–H groups in total. The van der Waals surface area contributed by atoms with Crippen molar-refractivity contribution >= 4 is 10.0 Å². The molecular weight excluding hydrogens is 248 g/mol. The molecule has 0 radical (unpaired) electrons. The SMILES string of the molecule is C=CCN(CC=C)S(=O)(=O)c1ccccc1C#N. The van der Waals surface area contributed by atoms with Crippen molar-refractivity contribution in [3.05, 3.63) is 55.1 Å². The highest BCUT2D eigenvalue weighted by Crippen LogP contribution is 2.19. The van der Waals surface area contributed by atoms with E-state index in [2.05, 4.69) is 13.2 Å². The van der Waals surface area contributed by atoms with Crippen molar-refractivity contribution in [2.75, 3.05) is 13.1 Å². The smallest absolute Gasteiger partial charge is 0.207 e. The number of benzene rings is 1. The predicted molar refractivity (Wildman–Crippen MR) is 70.3 cm³/mol. The van der Waals surface area contributed by atoms with E-state index in [0.29, 0.717) is 0 Å². The molecule has 0 aromatic heterocycles. The first-order chi connectivity index (χ1) is 8.57. The van der Waals surface area contributed by atoms with Gasteiger partial charge in [-0.05, 0) is 12.1 Å². The first kappa shape index (κ1) is 14.2.